The van der Waals surface area contributed by atoms with Crippen molar-refractivity contribution in [3.8, 4) is 12.3 Å². The molecule has 4 nitrogen and oxygen atoms in total. The number of hydrogen-bond acceptors (Lipinski definition) is 3. The Balaban J connectivity index is 2.40. The maximum absolute atomic E-state index is 11.2. The van der Waals surface area contributed by atoms with Crippen LogP contribution < -0.4 is 5.32 Å². The number of rotatable bonds is 4. The molecule has 0 aliphatic rings. The maximum Gasteiger partial charge on any atom is 0.325 e. The summed E-state index contributed by atoms with van der Waals surface area (Å²) in [4.78, 5) is 15.6. The molecule has 1 aromatic heterocycles. The molecule has 4 heteroatoms. The van der Waals surface area contributed by atoms with Crippen LogP contribution in [0.25, 0.3) is 10.9 Å². The molecule has 0 aliphatic heterocycles. The van der Waals surface area contributed by atoms with Crippen LogP contribution in [0.2, 0.25) is 0 Å². The molecular weight excluding hydrogens is 240 g/mol. The van der Waals surface area contributed by atoms with Crippen LogP contribution in [-0.2, 0) is 4.79 Å². The summed E-state index contributed by atoms with van der Waals surface area (Å²) in [5, 5.41) is 12.9. The molecule has 0 spiro atoms. The summed E-state index contributed by atoms with van der Waals surface area (Å²) >= 11 is 0. The predicted molar refractivity (Wildman–Crippen MR) is 73.7 cm³/mol. The van der Waals surface area contributed by atoms with E-state index in [2.05, 4.69) is 16.2 Å². The normalized spacial score (nSPS) is 12.0. The van der Waals surface area contributed by atoms with E-state index in [1.54, 1.807) is 6.07 Å². The van der Waals surface area contributed by atoms with Gasteiger partial charge in [-0.15, -0.1) is 6.42 Å². The van der Waals surface area contributed by atoms with Crippen molar-refractivity contribution in [1.29, 1.82) is 0 Å². The van der Waals surface area contributed by atoms with Gasteiger partial charge in [0.15, 0.2) is 0 Å². The molecule has 0 radical (unpaired) electrons. The number of aliphatic carboxylic acids is 1. The molecule has 2 aromatic rings. The highest BCUT2D eigenvalue weighted by Crippen LogP contribution is 2.20. The lowest BCUT2D eigenvalue weighted by Crippen LogP contribution is -2.28. The van der Waals surface area contributed by atoms with Crippen LogP contribution in [0.3, 0.4) is 0 Å². The Morgan fingerprint density at radius 1 is 1.47 bits per heavy atom. The van der Waals surface area contributed by atoms with Gasteiger partial charge in [0.05, 0.1) is 12.1 Å². The Kier molecular flexibility index (Phi) is 3.79. The Hall–Kier alpha value is -2.38. The molecule has 0 saturated heterocycles. The van der Waals surface area contributed by atoms with Gasteiger partial charge in [-0.2, -0.15) is 0 Å². The van der Waals surface area contributed by atoms with Crippen molar-refractivity contribution >= 4 is 16.9 Å². The predicted octanol–water partition coefficient (Wildman–Crippen LogP) is 1.89. The van der Waals surface area contributed by atoms with Gasteiger partial charge in [0.1, 0.15) is 6.04 Å². The second-order valence-corrected chi connectivity index (χ2v) is 4.26. The molecular formula is C15H14N2O2. The van der Waals surface area contributed by atoms with Gasteiger partial charge >= 0.3 is 5.97 Å². The molecule has 96 valence electrons. The first kappa shape index (κ1) is 13.1. The van der Waals surface area contributed by atoms with E-state index in [0.29, 0.717) is 5.56 Å². The van der Waals surface area contributed by atoms with E-state index < -0.39 is 12.0 Å². The number of carbonyl (C=O) groups is 1. The van der Waals surface area contributed by atoms with Crippen LogP contribution >= 0.6 is 0 Å². The fourth-order valence-electron chi connectivity index (χ4n) is 1.93. The molecule has 1 heterocycles. The van der Waals surface area contributed by atoms with Crippen LogP contribution in [-0.4, -0.2) is 22.6 Å². The van der Waals surface area contributed by atoms with Crippen LogP contribution in [0.4, 0.5) is 0 Å². The lowest BCUT2D eigenvalue weighted by molar-refractivity contribution is -0.139. The molecule has 2 rings (SSSR count). The lowest BCUT2D eigenvalue weighted by Gasteiger charge is -2.13. The Bertz CT molecular complexity index is 659. The number of aromatic nitrogens is 1. The van der Waals surface area contributed by atoms with Crippen molar-refractivity contribution in [2.45, 2.75) is 13.0 Å². The number of aryl methyl sites for hydroxylation is 1. The number of nitrogens with zero attached hydrogens (tertiary/aromatic N) is 1. The molecule has 2 N–H and O–H groups in total. The number of fused-ring (bicyclic) bond motifs is 1. The minimum absolute atomic E-state index is 0.209. The Morgan fingerprint density at radius 3 is 2.95 bits per heavy atom. The van der Waals surface area contributed by atoms with E-state index in [1.165, 1.54) is 0 Å². The van der Waals surface area contributed by atoms with Crippen molar-refractivity contribution in [3.05, 3.63) is 41.6 Å². The standard InChI is InChI=1S/C15H14N2O2/c1-3-8-16-14(15(18)19)12-6-7-13-11(9-12)5-4-10(2)17-13/h1,4-7,9,14,16H,8H2,2H3,(H,18,19). The Morgan fingerprint density at radius 2 is 2.26 bits per heavy atom. The van der Waals surface area contributed by atoms with Crippen LogP contribution in [0, 0.1) is 19.3 Å². The summed E-state index contributed by atoms with van der Waals surface area (Å²) in [7, 11) is 0. The SMILES string of the molecule is C#CCNC(C(=O)O)c1ccc2nc(C)ccc2c1. The summed E-state index contributed by atoms with van der Waals surface area (Å²) < 4.78 is 0. The summed E-state index contributed by atoms with van der Waals surface area (Å²) in [6, 6.07) is 8.44. The summed E-state index contributed by atoms with van der Waals surface area (Å²) in [5.74, 6) is 1.43. The van der Waals surface area contributed by atoms with Gasteiger partial charge in [0.2, 0.25) is 0 Å². The average Bonchev–Trinajstić information content (AvgIpc) is 2.39. The van der Waals surface area contributed by atoms with E-state index in [4.69, 9.17) is 6.42 Å². The van der Waals surface area contributed by atoms with E-state index in [0.717, 1.165) is 16.6 Å². The third-order valence-corrected chi connectivity index (χ3v) is 2.84. The fourth-order valence-corrected chi connectivity index (χ4v) is 1.93. The van der Waals surface area contributed by atoms with Gasteiger partial charge in [-0.25, -0.2) is 0 Å². The molecule has 0 bridgehead atoms. The Labute approximate surface area is 111 Å². The molecule has 0 saturated carbocycles. The fraction of sp³-hybridized carbons (Fsp3) is 0.200. The second-order valence-electron chi connectivity index (χ2n) is 4.26. The highest BCUT2D eigenvalue weighted by molar-refractivity contribution is 5.82. The van der Waals surface area contributed by atoms with Crippen molar-refractivity contribution in [2.75, 3.05) is 6.54 Å². The van der Waals surface area contributed by atoms with Gasteiger partial charge < -0.3 is 5.11 Å². The molecule has 0 fully saturated rings. The number of carboxylic acids is 1. The first-order valence-corrected chi connectivity index (χ1v) is 5.89. The zero-order valence-electron chi connectivity index (χ0n) is 10.6. The van der Waals surface area contributed by atoms with Crippen molar-refractivity contribution in [1.82, 2.24) is 10.3 Å². The summed E-state index contributed by atoms with van der Waals surface area (Å²) in [6.45, 7) is 2.13. The molecule has 19 heavy (non-hydrogen) atoms. The van der Waals surface area contributed by atoms with Crippen LogP contribution in [0.15, 0.2) is 30.3 Å². The monoisotopic (exact) mass is 254 g/mol. The third kappa shape index (κ3) is 2.90. The van der Waals surface area contributed by atoms with Gasteiger partial charge in [-0.05, 0) is 30.7 Å². The minimum Gasteiger partial charge on any atom is -0.480 e. The average molecular weight is 254 g/mol. The van der Waals surface area contributed by atoms with Crippen molar-refractivity contribution in [3.63, 3.8) is 0 Å². The molecule has 1 unspecified atom stereocenters. The van der Waals surface area contributed by atoms with E-state index in [9.17, 15) is 9.90 Å². The number of pyridine rings is 1. The van der Waals surface area contributed by atoms with Crippen molar-refractivity contribution < 1.29 is 9.90 Å². The van der Waals surface area contributed by atoms with Crippen molar-refractivity contribution in [2.24, 2.45) is 0 Å². The second kappa shape index (κ2) is 5.51. The van der Waals surface area contributed by atoms with Gasteiger partial charge in [0, 0.05) is 11.1 Å². The van der Waals surface area contributed by atoms with E-state index in [1.807, 2.05) is 31.2 Å². The highest BCUT2D eigenvalue weighted by Gasteiger charge is 2.18. The number of carboxylic acid groups (broad SMARTS) is 1. The maximum atomic E-state index is 11.2. The molecule has 1 atom stereocenters. The largest absolute Gasteiger partial charge is 0.480 e. The first-order valence-electron chi connectivity index (χ1n) is 5.89. The molecule has 0 amide bonds. The smallest absolute Gasteiger partial charge is 0.325 e. The molecule has 0 aliphatic carbocycles. The van der Waals surface area contributed by atoms with Gasteiger partial charge in [-0.3, -0.25) is 15.1 Å². The number of hydrogen-bond donors (Lipinski definition) is 2. The van der Waals surface area contributed by atoms with E-state index in [-0.39, 0.29) is 6.54 Å². The summed E-state index contributed by atoms with van der Waals surface area (Å²) in [6.07, 6.45) is 5.15. The third-order valence-electron chi connectivity index (χ3n) is 2.84. The number of nitrogens with one attached hydrogen (secondary N) is 1. The quantitative estimate of drug-likeness (QED) is 0.818. The number of benzene rings is 1. The lowest BCUT2D eigenvalue weighted by atomic mass is 10.0. The van der Waals surface area contributed by atoms with Crippen LogP contribution in [0.1, 0.15) is 17.3 Å². The first-order chi connectivity index (χ1) is 9.11. The van der Waals surface area contributed by atoms with Gasteiger partial charge in [-0.1, -0.05) is 18.1 Å². The highest BCUT2D eigenvalue weighted by atomic mass is 16.4. The summed E-state index contributed by atoms with van der Waals surface area (Å²) in [5.41, 5.74) is 2.45. The minimum atomic E-state index is -0.949. The van der Waals surface area contributed by atoms with Crippen LogP contribution in [0.5, 0.6) is 0 Å². The topological polar surface area (TPSA) is 62.2 Å². The zero-order chi connectivity index (χ0) is 13.8. The number of terminal acetylenes is 1. The van der Waals surface area contributed by atoms with Gasteiger partial charge in [0.25, 0.3) is 0 Å². The molecule has 1 aromatic carbocycles. The zero-order valence-corrected chi connectivity index (χ0v) is 10.6. The van der Waals surface area contributed by atoms with E-state index >= 15 is 0 Å².